The summed E-state index contributed by atoms with van der Waals surface area (Å²) in [6.07, 6.45) is 1.41. The third-order valence-electron chi connectivity index (χ3n) is 3.85. The third kappa shape index (κ3) is 3.58. The van der Waals surface area contributed by atoms with Gasteiger partial charge in [0.15, 0.2) is 17.3 Å². The molecule has 0 unspecified atom stereocenters. The van der Waals surface area contributed by atoms with E-state index >= 15 is 0 Å². The van der Waals surface area contributed by atoms with Gasteiger partial charge in [0, 0.05) is 11.3 Å². The predicted molar refractivity (Wildman–Crippen MR) is 98.6 cm³/mol. The van der Waals surface area contributed by atoms with Crippen LogP contribution >= 0.6 is 11.6 Å². The van der Waals surface area contributed by atoms with E-state index < -0.39 is 5.91 Å². The number of furan rings is 1. The van der Waals surface area contributed by atoms with Crippen LogP contribution in [-0.2, 0) is 0 Å². The van der Waals surface area contributed by atoms with E-state index in [1.807, 2.05) is 0 Å². The second-order valence-electron chi connectivity index (χ2n) is 5.65. The Kier molecular flexibility index (Phi) is 4.43. The number of nitrogens with one attached hydrogen (secondary N) is 2. The van der Waals surface area contributed by atoms with Crippen molar-refractivity contribution in [3.05, 3.63) is 71.1 Å². The number of benzene rings is 2. The molecule has 0 radical (unpaired) electrons. The minimum atomic E-state index is -0.418. The SMILES string of the molecule is O=C(Nc1ccc(NC(=O)c2ccco2)c(Cl)c1)c1ccc2c(c1)OCO2. The van der Waals surface area contributed by atoms with Gasteiger partial charge < -0.3 is 24.5 Å². The van der Waals surface area contributed by atoms with Crippen molar-refractivity contribution in [3.8, 4) is 11.5 Å². The highest BCUT2D eigenvalue weighted by Crippen LogP contribution is 2.33. The Balaban J connectivity index is 1.46. The van der Waals surface area contributed by atoms with Crippen LogP contribution in [0.4, 0.5) is 11.4 Å². The maximum absolute atomic E-state index is 12.4. The van der Waals surface area contributed by atoms with Gasteiger partial charge in [-0.3, -0.25) is 9.59 Å². The zero-order chi connectivity index (χ0) is 18.8. The van der Waals surface area contributed by atoms with Gasteiger partial charge in [-0.2, -0.15) is 0 Å². The van der Waals surface area contributed by atoms with Crippen molar-refractivity contribution in [2.75, 3.05) is 17.4 Å². The number of hydrogen-bond acceptors (Lipinski definition) is 5. The van der Waals surface area contributed by atoms with Crippen molar-refractivity contribution < 1.29 is 23.5 Å². The number of carbonyl (C=O) groups excluding carboxylic acids is 2. The predicted octanol–water partition coefficient (Wildman–Crippen LogP) is 4.17. The van der Waals surface area contributed by atoms with Crippen molar-refractivity contribution in [2.24, 2.45) is 0 Å². The lowest BCUT2D eigenvalue weighted by Crippen LogP contribution is -2.13. The summed E-state index contributed by atoms with van der Waals surface area (Å²) in [5.74, 6) is 0.560. The number of carbonyl (C=O) groups is 2. The van der Waals surface area contributed by atoms with E-state index in [-0.39, 0.29) is 23.5 Å². The standard InChI is InChI=1S/C19H13ClN2O5/c20-13-9-12(4-5-14(13)22-19(24)16-2-1-7-25-16)21-18(23)11-3-6-15-17(8-11)27-10-26-15/h1-9H,10H2,(H,21,23)(H,22,24). The Morgan fingerprint density at radius 3 is 2.56 bits per heavy atom. The first kappa shape index (κ1) is 17.0. The fourth-order valence-corrected chi connectivity index (χ4v) is 2.75. The maximum Gasteiger partial charge on any atom is 0.291 e. The van der Waals surface area contributed by atoms with Crippen molar-refractivity contribution in [1.82, 2.24) is 0 Å². The van der Waals surface area contributed by atoms with Crippen LogP contribution in [0.2, 0.25) is 5.02 Å². The molecule has 0 spiro atoms. The van der Waals surface area contributed by atoms with E-state index in [1.165, 1.54) is 6.26 Å². The van der Waals surface area contributed by atoms with Crippen LogP contribution in [0.1, 0.15) is 20.9 Å². The minimum Gasteiger partial charge on any atom is -0.459 e. The molecule has 2 amide bonds. The number of ether oxygens (including phenoxy) is 2. The van der Waals surface area contributed by atoms with Crippen LogP contribution in [-0.4, -0.2) is 18.6 Å². The van der Waals surface area contributed by atoms with Crippen LogP contribution < -0.4 is 20.1 Å². The van der Waals surface area contributed by atoms with E-state index in [2.05, 4.69) is 10.6 Å². The van der Waals surface area contributed by atoms with E-state index in [1.54, 1.807) is 48.5 Å². The van der Waals surface area contributed by atoms with E-state index in [9.17, 15) is 9.59 Å². The van der Waals surface area contributed by atoms with Gasteiger partial charge >= 0.3 is 0 Å². The highest BCUT2D eigenvalue weighted by molar-refractivity contribution is 6.34. The second-order valence-corrected chi connectivity index (χ2v) is 6.06. The third-order valence-corrected chi connectivity index (χ3v) is 4.17. The summed E-state index contributed by atoms with van der Waals surface area (Å²) in [5, 5.41) is 5.67. The molecule has 0 bridgehead atoms. The van der Waals surface area contributed by atoms with Gasteiger partial charge in [-0.05, 0) is 48.5 Å². The molecule has 2 heterocycles. The highest BCUT2D eigenvalue weighted by Gasteiger charge is 2.17. The van der Waals surface area contributed by atoms with Gasteiger partial charge in [-0.25, -0.2) is 0 Å². The summed E-state index contributed by atoms with van der Waals surface area (Å²) in [4.78, 5) is 24.4. The van der Waals surface area contributed by atoms with E-state index in [0.29, 0.717) is 28.4 Å². The van der Waals surface area contributed by atoms with Crippen molar-refractivity contribution >= 4 is 34.8 Å². The molecule has 1 aliphatic heterocycles. The second kappa shape index (κ2) is 7.05. The van der Waals surface area contributed by atoms with Gasteiger partial charge in [0.2, 0.25) is 6.79 Å². The van der Waals surface area contributed by atoms with Crippen LogP contribution in [0.25, 0.3) is 0 Å². The monoisotopic (exact) mass is 384 g/mol. The van der Waals surface area contributed by atoms with Gasteiger partial charge in [-0.1, -0.05) is 11.6 Å². The zero-order valence-electron chi connectivity index (χ0n) is 13.8. The topological polar surface area (TPSA) is 89.8 Å². The molecule has 1 aromatic heterocycles. The molecule has 27 heavy (non-hydrogen) atoms. The number of fused-ring (bicyclic) bond motifs is 1. The summed E-state index contributed by atoms with van der Waals surface area (Å²) in [5.41, 5.74) is 1.31. The molecule has 0 aliphatic carbocycles. The molecule has 3 aromatic rings. The molecule has 1 aliphatic rings. The van der Waals surface area contributed by atoms with Crippen LogP contribution in [0.15, 0.2) is 59.2 Å². The Hall–Kier alpha value is -3.45. The number of rotatable bonds is 4. The molecule has 136 valence electrons. The first-order chi connectivity index (χ1) is 13.1. The highest BCUT2D eigenvalue weighted by atomic mass is 35.5. The van der Waals surface area contributed by atoms with Crippen molar-refractivity contribution in [3.63, 3.8) is 0 Å². The minimum absolute atomic E-state index is 0.140. The molecule has 2 N–H and O–H groups in total. The molecule has 4 rings (SSSR count). The summed E-state index contributed by atoms with van der Waals surface area (Å²) in [6, 6.07) is 12.9. The Labute approximate surface area is 158 Å². The summed E-state index contributed by atoms with van der Waals surface area (Å²) in [7, 11) is 0. The quantitative estimate of drug-likeness (QED) is 0.704. The Morgan fingerprint density at radius 2 is 1.78 bits per heavy atom. The normalized spacial score (nSPS) is 11.9. The summed E-state index contributed by atoms with van der Waals surface area (Å²) >= 11 is 6.21. The fraction of sp³-hybridized carbons (Fsp3) is 0.0526. The molecular formula is C19H13ClN2O5. The molecule has 7 nitrogen and oxygen atoms in total. The first-order valence-corrected chi connectivity index (χ1v) is 8.33. The van der Waals surface area contributed by atoms with Gasteiger partial charge in [0.1, 0.15) is 0 Å². The number of anilines is 2. The van der Waals surface area contributed by atoms with Crippen molar-refractivity contribution in [1.29, 1.82) is 0 Å². The molecule has 0 saturated carbocycles. The molecule has 8 heteroatoms. The Morgan fingerprint density at radius 1 is 0.926 bits per heavy atom. The van der Waals surface area contributed by atoms with Crippen molar-refractivity contribution in [2.45, 2.75) is 0 Å². The molecule has 2 aromatic carbocycles. The van der Waals surface area contributed by atoms with Gasteiger partial charge in [0.25, 0.3) is 11.8 Å². The largest absolute Gasteiger partial charge is 0.459 e. The number of halogens is 1. The summed E-state index contributed by atoms with van der Waals surface area (Å²) in [6.45, 7) is 0.140. The molecule has 0 fully saturated rings. The molecular weight excluding hydrogens is 372 g/mol. The lowest BCUT2D eigenvalue weighted by molar-refractivity contribution is 0.0994. The number of hydrogen-bond donors (Lipinski definition) is 2. The fourth-order valence-electron chi connectivity index (χ4n) is 2.53. The lowest BCUT2D eigenvalue weighted by atomic mass is 10.2. The smallest absolute Gasteiger partial charge is 0.291 e. The van der Waals surface area contributed by atoms with Crippen LogP contribution in [0, 0.1) is 0 Å². The van der Waals surface area contributed by atoms with E-state index in [0.717, 1.165) is 0 Å². The first-order valence-electron chi connectivity index (χ1n) is 7.95. The van der Waals surface area contributed by atoms with E-state index in [4.69, 9.17) is 25.5 Å². The maximum atomic E-state index is 12.4. The Bertz CT molecular complexity index is 1020. The summed E-state index contributed by atoms with van der Waals surface area (Å²) < 4.78 is 15.5. The van der Waals surface area contributed by atoms with Gasteiger partial charge in [-0.15, -0.1) is 0 Å². The van der Waals surface area contributed by atoms with Gasteiger partial charge in [0.05, 0.1) is 17.0 Å². The molecule has 0 atom stereocenters. The van der Waals surface area contributed by atoms with Crippen LogP contribution in [0.5, 0.6) is 11.5 Å². The molecule has 0 saturated heterocycles. The zero-order valence-corrected chi connectivity index (χ0v) is 14.6. The average Bonchev–Trinajstić information content (AvgIpc) is 3.34. The average molecular weight is 385 g/mol. The number of amides is 2. The lowest BCUT2D eigenvalue weighted by Gasteiger charge is -2.10. The van der Waals surface area contributed by atoms with Crippen LogP contribution in [0.3, 0.4) is 0 Å².